The smallest absolute Gasteiger partial charge is 0.224 e. The quantitative estimate of drug-likeness (QED) is 0.637. The molecule has 1 heterocycles. The number of nitrogens with zero attached hydrogens (tertiary/aromatic N) is 1. The molecule has 1 fully saturated rings. The molecule has 0 aliphatic carbocycles. The van der Waals surface area contributed by atoms with Gasteiger partial charge >= 0.3 is 0 Å². The summed E-state index contributed by atoms with van der Waals surface area (Å²) in [4.78, 5) is 39.2. The normalized spacial score (nSPS) is 16.0. The van der Waals surface area contributed by atoms with Gasteiger partial charge in [0.25, 0.3) is 0 Å². The van der Waals surface area contributed by atoms with E-state index in [1.165, 1.54) is 0 Å². The first-order valence-electron chi connectivity index (χ1n) is 11.1. The van der Waals surface area contributed by atoms with Crippen molar-refractivity contribution in [1.82, 2.24) is 10.2 Å². The number of carbonyl (C=O) groups is 2. The molecule has 2 atom stereocenters. The number of morpholine rings is 1. The number of ether oxygens (including phenoxy) is 1. The van der Waals surface area contributed by atoms with E-state index in [1.807, 2.05) is 55.7 Å². The molecule has 6 nitrogen and oxygen atoms in total. The van der Waals surface area contributed by atoms with E-state index < -0.39 is 12.0 Å². The van der Waals surface area contributed by atoms with Crippen molar-refractivity contribution >= 4 is 28.9 Å². The molecule has 31 heavy (non-hydrogen) atoms. The first-order chi connectivity index (χ1) is 15.1. The molecule has 0 aromatic heterocycles. The van der Waals surface area contributed by atoms with Crippen molar-refractivity contribution in [2.45, 2.75) is 45.1 Å². The zero-order valence-corrected chi connectivity index (χ0v) is 18.1. The Morgan fingerprint density at radius 3 is 2.61 bits per heavy atom. The summed E-state index contributed by atoms with van der Waals surface area (Å²) >= 11 is 0. The zero-order valence-electron chi connectivity index (χ0n) is 18.1. The van der Waals surface area contributed by atoms with Crippen LogP contribution < -0.4 is 5.32 Å². The van der Waals surface area contributed by atoms with Crippen molar-refractivity contribution in [3.05, 3.63) is 48.0 Å². The van der Waals surface area contributed by atoms with Gasteiger partial charge in [-0.25, -0.2) is 0 Å². The maximum atomic E-state index is 13.1. The van der Waals surface area contributed by atoms with E-state index in [0.29, 0.717) is 39.1 Å². The Hall–Kier alpha value is -2.73. The van der Waals surface area contributed by atoms with Crippen LogP contribution in [0.1, 0.15) is 38.2 Å². The highest BCUT2D eigenvalue weighted by molar-refractivity contribution is 5.89. The highest BCUT2D eigenvalue weighted by Crippen LogP contribution is 2.23. The summed E-state index contributed by atoms with van der Waals surface area (Å²) in [6.07, 6.45) is 4.81. The molecule has 1 N–H and O–H groups in total. The van der Waals surface area contributed by atoms with Crippen LogP contribution in [-0.2, 0) is 25.5 Å². The number of hydrogen-bond donors (Lipinski definition) is 1. The molecule has 1 radical (unpaired) electrons. The van der Waals surface area contributed by atoms with Gasteiger partial charge in [-0.3, -0.25) is 14.4 Å². The molecule has 2 aromatic rings. The minimum atomic E-state index is -0.638. The van der Waals surface area contributed by atoms with E-state index in [4.69, 9.17) is 4.74 Å². The summed E-state index contributed by atoms with van der Waals surface area (Å²) < 4.78 is 5.33. The van der Waals surface area contributed by atoms with Gasteiger partial charge in [-0.2, -0.15) is 0 Å². The molecule has 3 rings (SSSR count). The lowest BCUT2D eigenvalue weighted by atomic mass is 9.91. The predicted octanol–water partition coefficient (Wildman–Crippen LogP) is 3.03. The van der Waals surface area contributed by atoms with Gasteiger partial charge in [-0.05, 0) is 29.2 Å². The van der Waals surface area contributed by atoms with Gasteiger partial charge in [0.2, 0.25) is 18.1 Å². The van der Waals surface area contributed by atoms with Crippen LogP contribution in [0, 0.1) is 5.92 Å². The molecule has 2 aromatic carbocycles. The fourth-order valence-corrected chi connectivity index (χ4v) is 4.00. The lowest BCUT2D eigenvalue weighted by molar-refractivity contribution is -0.139. The second kappa shape index (κ2) is 11.6. The summed E-state index contributed by atoms with van der Waals surface area (Å²) in [5.41, 5.74) is 1.02. The van der Waals surface area contributed by atoms with E-state index in [0.717, 1.165) is 29.2 Å². The molecule has 165 valence electrons. The molecular formula is C25H31N2O4. The molecular weight excluding hydrogens is 392 g/mol. The maximum absolute atomic E-state index is 13.1. The van der Waals surface area contributed by atoms with E-state index >= 15 is 0 Å². The summed E-state index contributed by atoms with van der Waals surface area (Å²) in [6.45, 7) is 4.16. The Kier molecular flexibility index (Phi) is 8.59. The summed E-state index contributed by atoms with van der Waals surface area (Å²) in [5.74, 6) is -0.874. The first kappa shape index (κ1) is 22.9. The fourth-order valence-electron chi connectivity index (χ4n) is 4.00. The van der Waals surface area contributed by atoms with E-state index in [9.17, 15) is 14.4 Å². The van der Waals surface area contributed by atoms with Gasteiger partial charge in [0.15, 0.2) is 0 Å². The molecule has 2 amide bonds. The lowest BCUT2D eigenvalue weighted by Crippen LogP contribution is -2.45. The van der Waals surface area contributed by atoms with Gasteiger partial charge in [0.1, 0.15) is 0 Å². The Bertz CT molecular complexity index is 887. The van der Waals surface area contributed by atoms with E-state index in [1.54, 1.807) is 4.90 Å². The van der Waals surface area contributed by atoms with Crippen molar-refractivity contribution in [1.29, 1.82) is 0 Å². The number of nitrogens with one attached hydrogen (secondary N) is 1. The number of hydrogen-bond acceptors (Lipinski definition) is 4. The second-order valence-corrected chi connectivity index (χ2v) is 8.06. The minimum absolute atomic E-state index is 0.0520. The van der Waals surface area contributed by atoms with Crippen molar-refractivity contribution in [2.75, 3.05) is 26.3 Å². The van der Waals surface area contributed by atoms with Crippen LogP contribution >= 0.6 is 0 Å². The lowest BCUT2D eigenvalue weighted by Gasteiger charge is -2.28. The van der Waals surface area contributed by atoms with Gasteiger partial charge in [-0.15, -0.1) is 0 Å². The SMILES string of the molecule is CCCCC([C]=O)NC(=O)C(CC(=O)N1CCOCC1)Cc1cccc2ccccc12. The van der Waals surface area contributed by atoms with Gasteiger partial charge in [-0.1, -0.05) is 62.2 Å². The summed E-state index contributed by atoms with van der Waals surface area (Å²) in [5, 5.41) is 4.99. The molecule has 2 unspecified atom stereocenters. The summed E-state index contributed by atoms with van der Waals surface area (Å²) in [7, 11) is 0. The minimum Gasteiger partial charge on any atom is -0.378 e. The van der Waals surface area contributed by atoms with E-state index in [2.05, 4.69) is 5.32 Å². The molecule has 6 heteroatoms. The second-order valence-electron chi connectivity index (χ2n) is 8.06. The van der Waals surface area contributed by atoms with Crippen molar-refractivity contribution in [2.24, 2.45) is 5.92 Å². The van der Waals surface area contributed by atoms with Crippen molar-refractivity contribution < 1.29 is 19.1 Å². The zero-order chi connectivity index (χ0) is 22.1. The van der Waals surface area contributed by atoms with Crippen LogP contribution in [0.5, 0.6) is 0 Å². The fraction of sp³-hybridized carbons (Fsp3) is 0.480. The van der Waals surface area contributed by atoms with Crippen LogP contribution in [0.15, 0.2) is 42.5 Å². The summed E-state index contributed by atoms with van der Waals surface area (Å²) in [6, 6.07) is 13.4. The average Bonchev–Trinajstić information content (AvgIpc) is 2.81. The number of benzene rings is 2. The van der Waals surface area contributed by atoms with Gasteiger partial charge in [0.05, 0.1) is 25.2 Å². The predicted molar refractivity (Wildman–Crippen MR) is 120 cm³/mol. The highest BCUT2D eigenvalue weighted by Gasteiger charge is 2.28. The van der Waals surface area contributed by atoms with Crippen molar-refractivity contribution in [3.63, 3.8) is 0 Å². The number of unbranched alkanes of at least 4 members (excludes halogenated alkanes) is 1. The van der Waals surface area contributed by atoms with Gasteiger partial charge < -0.3 is 15.0 Å². The van der Waals surface area contributed by atoms with Crippen LogP contribution in [-0.4, -0.2) is 55.3 Å². The Labute approximate surface area is 183 Å². The van der Waals surface area contributed by atoms with Crippen molar-refractivity contribution in [3.8, 4) is 0 Å². The number of fused-ring (bicyclic) bond motifs is 1. The highest BCUT2D eigenvalue weighted by atomic mass is 16.5. The monoisotopic (exact) mass is 423 g/mol. The molecule has 1 aliphatic heterocycles. The molecule has 0 bridgehead atoms. The van der Waals surface area contributed by atoms with Gasteiger partial charge in [0, 0.05) is 19.5 Å². The molecule has 1 saturated heterocycles. The average molecular weight is 424 g/mol. The number of carbonyl (C=O) groups excluding carboxylic acids is 3. The first-order valence-corrected chi connectivity index (χ1v) is 11.1. The molecule has 1 aliphatic rings. The third-order valence-electron chi connectivity index (χ3n) is 5.81. The van der Waals surface area contributed by atoms with Crippen LogP contribution in [0.4, 0.5) is 0 Å². The molecule has 0 spiro atoms. The van der Waals surface area contributed by atoms with Crippen LogP contribution in [0.25, 0.3) is 10.8 Å². The van der Waals surface area contributed by atoms with Crippen LogP contribution in [0.3, 0.4) is 0 Å². The van der Waals surface area contributed by atoms with Crippen LogP contribution in [0.2, 0.25) is 0 Å². The Balaban J connectivity index is 1.79. The third-order valence-corrected chi connectivity index (χ3v) is 5.81. The topological polar surface area (TPSA) is 75.7 Å². The largest absolute Gasteiger partial charge is 0.378 e. The Morgan fingerprint density at radius 2 is 1.87 bits per heavy atom. The number of amides is 2. The molecule has 0 saturated carbocycles. The standard InChI is InChI=1S/C25H31N2O4/c1-2-3-10-22(18-28)26-25(30)21(17-24(29)27-12-14-31-15-13-27)16-20-9-6-8-19-7-4-5-11-23(19)20/h4-9,11,21-22H,2-3,10,12-17H2,1H3,(H,26,30). The van der Waals surface area contributed by atoms with E-state index in [-0.39, 0.29) is 18.2 Å². The maximum Gasteiger partial charge on any atom is 0.224 e. The third kappa shape index (κ3) is 6.37. The number of rotatable bonds is 10. The Morgan fingerprint density at radius 1 is 1.13 bits per heavy atom.